The third-order valence-electron chi connectivity index (χ3n) is 9.27. The van der Waals surface area contributed by atoms with Crippen molar-refractivity contribution in [2.75, 3.05) is 78.0 Å². The van der Waals surface area contributed by atoms with Crippen molar-refractivity contribution in [1.29, 1.82) is 0 Å². The third-order valence-corrected chi connectivity index (χ3v) is 9.27. The zero-order valence-electron chi connectivity index (χ0n) is 28.4. The van der Waals surface area contributed by atoms with Gasteiger partial charge in [0.2, 0.25) is 5.91 Å². The van der Waals surface area contributed by atoms with Gasteiger partial charge in [-0.1, -0.05) is 26.0 Å². The number of halogens is 1. The number of esters is 1. The Bertz CT molecular complexity index is 1290. The maximum absolute atomic E-state index is 14.9. The van der Waals surface area contributed by atoms with Crippen LogP contribution in [0.25, 0.3) is 6.08 Å². The Morgan fingerprint density at radius 3 is 2.36 bits per heavy atom. The number of carbonyl (C=O) groups is 3. The Hall–Kier alpha value is -3.48. The van der Waals surface area contributed by atoms with Gasteiger partial charge in [0.25, 0.3) is 0 Å². The molecule has 3 aliphatic rings. The Kier molecular flexibility index (Phi) is 13.2. The van der Waals surface area contributed by atoms with Crippen LogP contribution < -0.4 is 4.90 Å². The summed E-state index contributed by atoms with van der Waals surface area (Å²) < 4.78 is 31.8. The molecular weight excluding hydrogens is 607 g/mol. The van der Waals surface area contributed by atoms with Gasteiger partial charge in [0.05, 0.1) is 12.5 Å². The van der Waals surface area contributed by atoms with Crippen LogP contribution in [0, 0.1) is 17.7 Å². The number of cyclic esters (lactones) is 1. The fourth-order valence-electron chi connectivity index (χ4n) is 6.27. The molecule has 2 saturated heterocycles. The van der Waals surface area contributed by atoms with Gasteiger partial charge in [-0.3, -0.25) is 9.59 Å². The lowest BCUT2D eigenvalue weighted by atomic mass is 9.91. The smallest absolute Gasteiger partial charge is 0.410 e. The highest BCUT2D eigenvalue weighted by molar-refractivity contribution is 5.78. The highest BCUT2D eigenvalue weighted by Crippen LogP contribution is 2.28. The summed E-state index contributed by atoms with van der Waals surface area (Å²) >= 11 is 0. The van der Waals surface area contributed by atoms with Crippen LogP contribution in [0.3, 0.4) is 0 Å². The van der Waals surface area contributed by atoms with Crippen molar-refractivity contribution < 1.29 is 38.1 Å². The summed E-state index contributed by atoms with van der Waals surface area (Å²) in [5.74, 6) is -1.37. The first kappa shape index (κ1) is 36.4. The van der Waals surface area contributed by atoms with Crippen molar-refractivity contribution in [3.8, 4) is 0 Å². The number of amides is 2. The molecule has 260 valence electrons. The molecule has 4 rings (SSSR count). The second-order valence-corrected chi connectivity index (χ2v) is 13.1. The number of likely N-dealkylation sites (N-methyl/N-ethyl adjacent to an activating group) is 1. The second-order valence-electron chi connectivity index (χ2n) is 13.1. The van der Waals surface area contributed by atoms with Gasteiger partial charge < -0.3 is 38.9 Å². The standard InChI is InChI=1S/C35H51FN4O7/c1-24-6-8-30(41)22-33(43)47-34(25(2)7-9-31(24)46-35(44)40-12-10-37(4)11-13-40)26(3)18-27-19-28(36)21-29(20-27)38-14-16-39(17-15-38)32(42)23-45-5/h7,9,18-21,24-25,30-31,34,41H,6,8,10-17,22-23H2,1-5H3/b9-7-,26-18+/t24-,25+,30+,31+,34+/m1/s1. The summed E-state index contributed by atoms with van der Waals surface area (Å²) in [6, 6.07) is 4.80. The van der Waals surface area contributed by atoms with Gasteiger partial charge in [-0.2, -0.15) is 0 Å². The van der Waals surface area contributed by atoms with E-state index in [2.05, 4.69) is 4.90 Å². The molecule has 11 nitrogen and oxygen atoms in total. The predicted octanol–water partition coefficient (Wildman–Crippen LogP) is 3.56. The molecule has 2 amide bonds. The zero-order chi connectivity index (χ0) is 34.1. The molecule has 12 heteroatoms. The van der Waals surface area contributed by atoms with E-state index in [9.17, 15) is 23.9 Å². The van der Waals surface area contributed by atoms with Crippen molar-refractivity contribution in [2.24, 2.45) is 11.8 Å². The van der Waals surface area contributed by atoms with Gasteiger partial charge in [0, 0.05) is 71.1 Å². The first-order valence-corrected chi connectivity index (χ1v) is 16.6. The quantitative estimate of drug-likeness (QED) is 0.362. The molecule has 47 heavy (non-hydrogen) atoms. The van der Waals surface area contributed by atoms with Crippen molar-refractivity contribution >= 4 is 29.7 Å². The lowest BCUT2D eigenvalue weighted by Gasteiger charge is -2.36. The maximum Gasteiger partial charge on any atom is 0.410 e. The van der Waals surface area contributed by atoms with E-state index in [1.807, 2.05) is 57.0 Å². The van der Waals surface area contributed by atoms with Crippen molar-refractivity contribution in [1.82, 2.24) is 14.7 Å². The van der Waals surface area contributed by atoms with Crippen molar-refractivity contribution in [3.63, 3.8) is 0 Å². The van der Waals surface area contributed by atoms with Crippen LogP contribution in [0.4, 0.5) is 14.9 Å². The topological polar surface area (TPSA) is 112 Å². The van der Waals surface area contributed by atoms with E-state index >= 15 is 0 Å². The molecule has 5 atom stereocenters. The van der Waals surface area contributed by atoms with Gasteiger partial charge in [-0.05, 0) is 68.1 Å². The Morgan fingerprint density at radius 1 is 1.00 bits per heavy atom. The van der Waals surface area contributed by atoms with Crippen LogP contribution in [0.2, 0.25) is 0 Å². The van der Waals surface area contributed by atoms with E-state index in [4.69, 9.17) is 14.2 Å². The SMILES string of the molecule is COCC(=O)N1CCN(c2cc(F)cc(/C=C(\C)[C@H]3OC(=O)C[C@@H](O)CC[C@@H](C)[C@@H](OC(=O)N4CCN(C)CC4)/C=C\[C@@H]3C)c2)CC1. The summed E-state index contributed by atoms with van der Waals surface area (Å²) in [5, 5.41) is 10.6. The molecule has 0 bridgehead atoms. The van der Waals surface area contributed by atoms with Crippen molar-refractivity contribution in [3.05, 3.63) is 47.3 Å². The molecule has 0 radical (unpaired) electrons. The lowest BCUT2D eigenvalue weighted by Crippen LogP contribution is -2.49. The minimum atomic E-state index is -0.890. The molecule has 0 unspecified atom stereocenters. The van der Waals surface area contributed by atoms with Crippen LogP contribution in [0.5, 0.6) is 0 Å². The number of hydrogen-bond acceptors (Lipinski definition) is 9. The summed E-state index contributed by atoms with van der Waals surface area (Å²) in [5.41, 5.74) is 2.02. The fraction of sp³-hybridized carbons (Fsp3) is 0.629. The van der Waals surface area contributed by atoms with Crippen LogP contribution in [-0.4, -0.2) is 129 Å². The third kappa shape index (κ3) is 10.5. The molecular formula is C35H51FN4O7. The highest BCUT2D eigenvalue weighted by Gasteiger charge is 2.29. The number of aliphatic hydroxyl groups is 1. The molecule has 1 N–H and O–H groups in total. The van der Waals surface area contributed by atoms with Gasteiger partial charge in [0.15, 0.2) is 0 Å². The van der Waals surface area contributed by atoms with Gasteiger partial charge in [0.1, 0.15) is 24.6 Å². The van der Waals surface area contributed by atoms with E-state index in [0.717, 1.165) is 13.1 Å². The normalized spacial score (nSPS) is 27.8. The molecule has 0 aliphatic carbocycles. The predicted molar refractivity (Wildman–Crippen MR) is 177 cm³/mol. The number of ether oxygens (including phenoxy) is 3. The molecule has 1 aromatic carbocycles. The number of rotatable bonds is 6. The van der Waals surface area contributed by atoms with E-state index < -0.39 is 30.1 Å². The first-order valence-electron chi connectivity index (χ1n) is 16.6. The number of benzene rings is 1. The van der Waals surface area contributed by atoms with E-state index in [-0.39, 0.29) is 36.9 Å². The van der Waals surface area contributed by atoms with E-state index in [1.54, 1.807) is 9.80 Å². The minimum Gasteiger partial charge on any atom is -0.457 e. The number of piperazine rings is 2. The largest absolute Gasteiger partial charge is 0.457 e. The molecule has 0 saturated carbocycles. The number of anilines is 1. The number of methoxy groups -OCH3 is 1. The monoisotopic (exact) mass is 658 g/mol. The maximum atomic E-state index is 14.9. The average Bonchev–Trinajstić information content (AvgIpc) is 3.03. The number of aliphatic hydroxyl groups excluding tert-OH is 1. The summed E-state index contributed by atoms with van der Waals surface area (Å²) in [6.45, 7) is 10.7. The fourth-order valence-corrected chi connectivity index (χ4v) is 6.27. The van der Waals surface area contributed by atoms with Crippen LogP contribution >= 0.6 is 0 Å². The zero-order valence-corrected chi connectivity index (χ0v) is 28.4. The number of nitrogens with zero attached hydrogens (tertiary/aromatic N) is 4. The van der Waals surface area contributed by atoms with Crippen LogP contribution in [0.1, 0.15) is 45.6 Å². The number of carbonyl (C=O) groups excluding carboxylic acids is 3. The summed E-state index contributed by atoms with van der Waals surface area (Å²) in [6.07, 6.45) is 3.90. The minimum absolute atomic E-state index is 0.0357. The van der Waals surface area contributed by atoms with Crippen molar-refractivity contribution in [2.45, 2.75) is 58.3 Å². The molecule has 2 fully saturated rings. The lowest BCUT2D eigenvalue weighted by molar-refractivity contribution is -0.151. The summed E-state index contributed by atoms with van der Waals surface area (Å²) in [7, 11) is 3.52. The van der Waals surface area contributed by atoms with Gasteiger partial charge in [-0.15, -0.1) is 0 Å². The van der Waals surface area contributed by atoms with E-state index in [0.29, 0.717) is 68.9 Å². The molecule has 1 aromatic rings. The number of hydrogen-bond donors (Lipinski definition) is 1. The van der Waals surface area contributed by atoms with Gasteiger partial charge >= 0.3 is 12.1 Å². The molecule has 0 spiro atoms. The Morgan fingerprint density at radius 2 is 1.68 bits per heavy atom. The van der Waals surface area contributed by atoms with Crippen LogP contribution in [0.15, 0.2) is 35.9 Å². The van der Waals surface area contributed by atoms with Crippen LogP contribution in [-0.2, 0) is 23.8 Å². The Balaban J connectivity index is 1.52. The summed E-state index contributed by atoms with van der Waals surface area (Å²) in [4.78, 5) is 45.9. The second kappa shape index (κ2) is 17.1. The average molecular weight is 659 g/mol. The Labute approximate surface area is 277 Å². The van der Waals surface area contributed by atoms with Gasteiger partial charge in [-0.25, -0.2) is 9.18 Å². The molecule has 3 heterocycles. The first-order chi connectivity index (χ1) is 22.4. The highest BCUT2D eigenvalue weighted by atomic mass is 19.1. The molecule has 0 aromatic heterocycles. The molecule has 3 aliphatic heterocycles. The van der Waals surface area contributed by atoms with E-state index in [1.165, 1.54) is 19.2 Å².